The van der Waals surface area contributed by atoms with Crippen LogP contribution in [0.3, 0.4) is 0 Å². The summed E-state index contributed by atoms with van der Waals surface area (Å²) in [5.74, 6) is -3.10. The number of aromatic nitrogens is 1. The van der Waals surface area contributed by atoms with E-state index in [2.05, 4.69) is 4.98 Å². The second-order valence-corrected chi connectivity index (χ2v) is 6.62. The van der Waals surface area contributed by atoms with E-state index in [4.69, 9.17) is 4.74 Å². The summed E-state index contributed by atoms with van der Waals surface area (Å²) in [5, 5.41) is 2.49. The van der Waals surface area contributed by atoms with Crippen molar-refractivity contribution in [1.29, 1.82) is 0 Å². The standard InChI is InChI=1S/C17H19F3N2O3/c1-16(2,3)25-14(23)13(22-15(24)17(18,19)20)8-10-9-21-12-7-5-4-6-11(10)12/h4-7,9,13,21H,8H2,1-3H3,(H,22,24). The van der Waals surface area contributed by atoms with Crippen molar-refractivity contribution >= 4 is 22.8 Å². The van der Waals surface area contributed by atoms with Crippen LogP contribution in [-0.2, 0) is 20.7 Å². The lowest BCUT2D eigenvalue weighted by Crippen LogP contribution is -2.49. The van der Waals surface area contributed by atoms with Gasteiger partial charge < -0.3 is 15.0 Å². The van der Waals surface area contributed by atoms with Crippen LogP contribution in [0, 0.1) is 0 Å². The Morgan fingerprint density at radius 2 is 1.84 bits per heavy atom. The van der Waals surface area contributed by atoms with Crippen LogP contribution in [0.5, 0.6) is 0 Å². The van der Waals surface area contributed by atoms with Gasteiger partial charge in [0.1, 0.15) is 11.6 Å². The van der Waals surface area contributed by atoms with Crippen LogP contribution in [0.4, 0.5) is 13.2 Å². The fourth-order valence-electron chi connectivity index (χ4n) is 2.33. The van der Waals surface area contributed by atoms with Gasteiger partial charge >= 0.3 is 18.1 Å². The summed E-state index contributed by atoms with van der Waals surface area (Å²) in [6.07, 6.45) is -3.61. The molecule has 0 radical (unpaired) electrons. The Morgan fingerprint density at radius 1 is 1.20 bits per heavy atom. The molecule has 1 unspecified atom stereocenters. The number of nitrogens with one attached hydrogen (secondary N) is 2. The number of alkyl halides is 3. The summed E-state index contributed by atoms with van der Waals surface area (Å²) in [6, 6.07) is 5.71. The molecule has 2 N–H and O–H groups in total. The average molecular weight is 356 g/mol. The zero-order valence-corrected chi connectivity index (χ0v) is 14.0. The number of rotatable bonds is 4. The highest BCUT2D eigenvalue weighted by atomic mass is 19.4. The number of hydrogen-bond acceptors (Lipinski definition) is 3. The van der Waals surface area contributed by atoms with Crippen LogP contribution in [0.2, 0.25) is 0 Å². The molecule has 2 aromatic rings. The molecule has 5 nitrogen and oxygen atoms in total. The van der Waals surface area contributed by atoms with E-state index in [1.54, 1.807) is 56.6 Å². The molecule has 0 saturated heterocycles. The number of amides is 1. The van der Waals surface area contributed by atoms with Gasteiger partial charge in [-0.1, -0.05) is 18.2 Å². The summed E-state index contributed by atoms with van der Waals surface area (Å²) < 4.78 is 42.9. The number of ether oxygens (including phenoxy) is 1. The molecule has 136 valence electrons. The minimum absolute atomic E-state index is 0.124. The normalized spacial score (nSPS) is 13.5. The van der Waals surface area contributed by atoms with Gasteiger partial charge in [0.2, 0.25) is 0 Å². The number of aromatic amines is 1. The molecule has 0 aliphatic rings. The average Bonchev–Trinajstić information content (AvgIpc) is 2.87. The monoisotopic (exact) mass is 356 g/mol. The van der Waals surface area contributed by atoms with Gasteiger partial charge in [-0.3, -0.25) is 4.79 Å². The molecular formula is C17H19F3N2O3. The van der Waals surface area contributed by atoms with E-state index in [1.165, 1.54) is 0 Å². The van der Waals surface area contributed by atoms with Crippen LogP contribution in [-0.4, -0.2) is 34.7 Å². The molecule has 25 heavy (non-hydrogen) atoms. The van der Waals surface area contributed by atoms with Gasteiger partial charge in [-0.05, 0) is 32.4 Å². The van der Waals surface area contributed by atoms with E-state index < -0.39 is 29.7 Å². The molecule has 8 heteroatoms. The Bertz CT molecular complexity index is 775. The number of carbonyl (C=O) groups is 2. The molecule has 1 amide bonds. The molecule has 2 rings (SSSR count). The Hall–Kier alpha value is -2.51. The summed E-state index contributed by atoms with van der Waals surface area (Å²) in [7, 11) is 0. The summed E-state index contributed by atoms with van der Waals surface area (Å²) in [4.78, 5) is 26.5. The molecule has 0 aliphatic heterocycles. The van der Waals surface area contributed by atoms with Gasteiger partial charge in [0, 0.05) is 23.5 Å². The third-order valence-corrected chi connectivity index (χ3v) is 3.35. The number of para-hydroxylation sites is 1. The van der Waals surface area contributed by atoms with Gasteiger partial charge in [-0.15, -0.1) is 0 Å². The number of benzene rings is 1. The third-order valence-electron chi connectivity index (χ3n) is 3.35. The number of esters is 1. The molecule has 1 aromatic carbocycles. The first-order valence-electron chi connectivity index (χ1n) is 7.63. The van der Waals surface area contributed by atoms with Crippen LogP contribution >= 0.6 is 0 Å². The minimum atomic E-state index is -5.08. The van der Waals surface area contributed by atoms with Crippen LogP contribution in [0.1, 0.15) is 26.3 Å². The van der Waals surface area contributed by atoms with Crippen molar-refractivity contribution in [3.05, 3.63) is 36.0 Å². The molecular weight excluding hydrogens is 337 g/mol. The highest BCUT2D eigenvalue weighted by Crippen LogP contribution is 2.21. The first-order chi connectivity index (χ1) is 11.5. The van der Waals surface area contributed by atoms with Crippen LogP contribution in [0.15, 0.2) is 30.5 Å². The number of carbonyl (C=O) groups excluding carboxylic acids is 2. The molecule has 0 aliphatic carbocycles. The Morgan fingerprint density at radius 3 is 2.44 bits per heavy atom. The van der Waals surface area contributed by atoms with E-state index in [9.17, 15) is 22.8 Å². The first-order valence-corrected chi connectivity index (χ1v) is 7.63. The summed E-state index contributed by atoms with van der Waals surface area (Å²) in [6.45, 7) is 4.79. The molecule has 0 saturated carbocycles. The first kappa shape index (κ1) is 18.8. The number of H-pyrrole nitrogens is 1. The Balaban J connectivity index is 2.27. The van der Waals surface area contributed by atoms with E-state index in [1.807, 2.05) is 0 Å². The lowest BCUT2D eigenvalue weighted by molar-refractivity contribution is -0.177. The van der Waals surface area contributed by atoms with Crippen molar-refractivity contribution < 1.29 is 27.5 Å². The minimum Gasteiger partial charge on any atom is -0.458 e. The topological polar surface area (TPSA) is 71.2 Å². The largest absolute Gasteiger partial charge is 0.471 e. The van der Waals surface area contributed by atoms with E-state index in [-0.39, 0.29) is 6.42 Å². The van der Waals surface area contributed by atoms with Crippen molar-refractivity contribution in [3.8, 4) is 0 Å². The quantitative estimate of drug-likeness (QED) is 0.827. The third kappa shape index (κ3) is 4.98. The predicted molar refractivity (Wildman–Crippen MR) is 85.8 cm³/mol. The highest BCUT2D eigenvalue weighted by molar-refractivity contribution is 5.89. The summed E-state index contributed by atoms with van der Waals surface area (Å²) >= 11 is 0. The zero-order valence-electron chi connectivity index (χ0n) is 14.0. The predicted octanol–water partition coefficient (Wildman–Crippen LogP) is 3.10. The van der Waals surface area contributed by atoms with Gasteiger partial charge in [0.05, 0.1) is 0 Å². The zero-order chi connectivity index (χ0) is 18.8. The van der Waals surface area contributed by atoms with Gasteiger partial charge in [0.25, 0.3) is 0 Å². The van der Waals surface area contributed by atoms with Gasteiger partial charge in [-0.2, -0.15) is 13.2 Å². The van der Waals surface area contributed by atoms with Crippen molar-refractivity contribution in [2.75, 3.05) is 0 Å². The fraction of sp³-hybridized carbons (Fsp3) is 0.412. The Labute approximate surface area is 142 Å². The fourth-order valence-corrected chi connectivity index (χ4v) is 2.33. The second kappa shape index (κ2) is 6.78. The van der Waals surface area contributed by atoms with Crippen LogP contribution < -0.4 is 5.32 Å². The highest BCUT2D eigenvalue weighted by Gasteiger charge is 2.41. The number of hydrogen-bond donors (Lipinski definition) is 2. The lowest BCUT2D eigenvalue weighted by atomic mass is 10.0. The van der Waals surface area contributed by atoms with Crippen molar-refractivity contribution in [2.45, 2.75) is 45.0 Å². The van der Waals surface area contributed by atoms with Crippen molar-refractivity contribution in [1.82, 2.24) is 10.3 Å². The van der Waals surface area contributed by atoms with Crippen molar-refractivity contribution in [3.63, 3.8) is 0 Å². The van der Waals surface area contributed by atoms with Gasteiger partial charge in [0.15, 0.2) is 0 Å². The summed E-state index contributed by atoms with van der Waals surface area (Å²) in [5.41, 5.74) is 0.495. The maximum atomic E-state index is 12.6. The SMILES string of the molecule is CC(C)(C)OC(=O)C(Cc1c[nH]c2ccccc12)NC(=O)C(F)(F)F. The maximum Gasteiger partial charge on any atom is 0.471 e. The molecule has 1 heterocycles. The smallest absolute Gasteiger partial charge is 0.458 e. The second-order valence-electron chi connectivity index (χ2n) is 6.62. The molecule has 0 bridgehead atoms. The molecule has 1 atom stereocenters. The van der Waals surface area contributed by atoms with E-state index >= 15 is 0 Å². The van der Waals surface area contributed by atoms with Crippen LogP contribution in [0.25, 0.3) is 10.9 Å². The molecule has 0 spiro atoms. The van der Waals surface area contributed by atoms with Gasteiger partial charge in [-0.25, -0.2) is 4.79 Å². The van der Waals surface area contributed by atoms with E-state index in [0.717, 1.165) is 10.9 Å². The molecule has 1 aromatic heterocycles. The Kier molecular flexibility index (Phi) is 5.10. The number of fused-ring (bicyclic) bond motifs is 1. The lowest BCUT2D eigenvalue weighted by Gasteiger charge is -2.24. The maximum absolute atomic E-state index is 12.6. The molecule has 0 fully saturated rings. The number of halogens is 3. The van der Waals surface area contributed by atoms with Crippen molar-refractivity contribution in [2.24, 2.45) is 0 Å². The van der Waals surface area contributed by atoms with E-state index in [0.29, 0.717) is 5.56 Å².